The SMILES string of the molecule is COC(=O)c1c(NC(=O)OC(C)(C)C)ccnc1Cl. The first-order valence-electron chi connectivity index (χ1n) is 5.47. The van der Waals surface area contributed by atoms with Crippen LogP contribution in [0.25, 0.3) is 0 Å². The number of esters is 1. The number of hydrogen-bond donors (Lipinski definition) is 1. The van der Waals surface area contributed by atoms with Gasteiger partial charge in [0.25, 0.3) is 0 Å². The Kier molecular flexibility index (Phi) is 4.72. The summed E-state index contributed by atoms with van der Waals surface area (Å²) in [5.41, 5.74) is -0.481. The van der Waals surface area contributed by atoms with E-state index in [0.717, 1.165) is 0 Å². The molecular weight excluding hydrogens is 272 g/mol. The number of methoxy groups -OCH3 is 1. The molecule has 0 aliphatic heterocycles. The molecule has 0 atom stereocenters. The van der Waals surface area contributed by atoms with Crippen molar-refractivity contribution < 1.29 is 19.1 Å². The number of carbonyl (C=O) groups is 2. The van der Waals surface area contributed by atoms with E-state index in [-0.39, 0.29) is 16.4 Å². The minimum absolute atomic E-state index is 0.0162. The highest BCUT2D eigenvalue weighted by molar-refractivity contribution is 6.33. The van der Waals surface area contributed by atoms with Gasteiger partial charge in [-0.3, -0.25) is 5.32 Å². The number of carbonyl (C=O) groups excluding carboxylic acids is 2. The van der Waals surface area contributed by atoms with Crippen molar-refractivity contribution in [2.24, 2.45) is 0 Å². The Labute approximate surface area is 116 Å². The van der Waals surface area contributed by atoms with E-state index in [1.54, 1.807) is 20.8 Å². The molecule has 7 heteroatoms. The third kappa shape index (κ3) is 4.40. The first-order chi connectivity index (χ1) is 8.74. The maximum absolute atomic E-state index is 11.7. The van der Waals surface area contributed by atoms with Gasteiger partial charge >= 0.3 is 12.1 Å². The molecule has 1 aromatic rings. The van der Waals surface area contributed by atoms with E-state index in [0.29, 0.717) is 0 Å². The van der Waals surface area contributed by atoms with Gasteiger partial charge in [-0.2, -0.15) is 0 Å². The number of nitrogens with one attached hydrogen (secondary N) is 1. The lowest BCUT2D eigenvalue weighted by molar-refractivity contribution is 0.0601. The van der Waals surface area contributed by atoms with Gasteiger partial charge in [0.2, 0.25) is 0 Å². The van der Waals surface area contributed by atoms with Crippen LogP contribution in [0.4, 0.5) is 10.5 Å². The molecule has 1 heterocycles. The van der Waals surface area contributed by atoms with Gasteiger partial charge in [0, 0.05) is 6.20 Å². The molecule has 19 heavy (non-hydrogen) atoms. The minimum atomic E-state index is -0.695. The van der Waals surface area contributed by atoms with Crippen LogP contribution < -0.4 is 5.32 Å². The monoisotopic (exact) mass is 286 g/mol. The summed E-state index contributed by atoms with van der Waals surface area (Å²) < 4.78 is 9.67. The molecule has 104 valence electrons. The largest absolute Gasteiger partial charge is 0.465 e. The number of rotatable bonds is 2. The Balaban J connectivity index is 2.99. The van der Waals surface area contributed by atoms with Crippen LogP contribution in [-0.4, -0.2) is 29.8 Å². The zero-order valence-corrected chi connectivity index (χ0v) is 11.9. The molecule has 1 aromatic heterocycles. The first-order valence-corrected chi connectivity index (χ1v) is 5.85. The summed E-state index contributed by atoms with van der Waals surface area (Å²) >= 11 is 5.82. The number of halogens is 1. The molecule has 1 N–H and O–H groups in total. The van der Waals surface area contributed by atoms with Gasteiger partial charge in [0.1, 0.15) is 16.3 Å². The lowest BCUT2D eigenvalue weighted by atomic mass is 10.2. The molecule has 0 aliphatic carbocycles. The van der Waals surface area contributed by atoms with Crippen LogP contribution in [0.1, 0.15) is 31.1 Å². The molecule has 1 rings (SSSR count). The van der Waals surface area contributed by atoms with Crippen molar-refractivity contribution in [3.8, 4) is 0 Å². The van der Waals surface area contributed by atoms with Crippen LogP contribution in [0.5, 0.6) is 0 Å². The maximum Gasteiger partial charge on any atom is 0.412 e. The fourth-order valence-electron chi connectivity index (χ4n) is 1.25. The molecule has 0 saturated carbocycles. The molecule has 0 fully saturated rings. The summed E-state index contributed by atoms with van der Waals surface area (Å²) in [4.78, 5) is 27.0. The van der Waals surface area contributed by atoms with Crippen molar-refractivity contribution in [3.63, 3.8) is 0 Å². The molecule has 0 spiro atoms. The van der Waals surface area contributed by atoms with E-state index in [1.807, 2.05) is 0 Å². The summed E-state index contributed by atoms with van der Waals surface area (Å²) in [5.74, 6) is -0.691. The lowest BCUT2D eigenvalue weighted by Crippen LogP contribution is -2.28. The number of hydrogen-bond acceptors (Lipinski definition) is 5. The third-order valence-electron chi connectivity index (χ3n) is 1.93. The molecule has 6 nitrogen and oxygen atoms in total. The number of amides is 1. The van der Waals surface area contributed by atoms with Gasteiger partial charge in [0.15, 0.2) is 0 Å². The Hall–Kier alpha value is -1.82. The molecule has 0 aliphatic rings. The zero-order valence-electron chi connectivity index (χ0n) is 11.1. The van der Waals surface area contributed by atoms with Crippen LogP contribution in [0.3, 0.4) is 0 Å². The molecular formula is C12H15ClN2O4. The molecule has 0 aromatic carbocycles. The van der Waals surface area contributed by atoms with E-state index in [9.17, 15) is 9.59 Å². The number of aromatic nitrogens is 1. The number of ether oxygens (including phenoxy) is 2. The molecule has 0 bridgehead atoms. The molecule has 1 amide bonds. The van der Waals surface area contributed by atoms with Crippen LogP contribution in [0.15, 0.2) is 12.3 Å². The van der Waals surface area contributed by atoms with Gasteiger partial charge in [0.05, 0.1) is 12.8 Å². The maximum atomic E-state index is 11.7. The zero-order chi connectivity index (χ0) is 14.6. The fraction of sp³-hybridized carbons (Fsp3) is 0.417. The standard InChI is InChI=1S/C12H15ClN2O4/c1-12(2,3)19-11(17)15-7-5-6-14-9(13)8(7)10(16)18-4/h5-6H,1-4H3,(H,14,15,17). The molecule has 0 unspecified atom stereocenters. The second kappa shape index (κ2) is 5.88. The van der Waals surface area contributed by atoms with E-state index < -0.39 is 17.7 Å². The van der Waals surface area contributed by atoms with E-state index in [4.69, 9.17) is 16.3 Å². The summed E-state index contributed by atoms with van der Waals surface area (Å²) in [6, 6.07) is 1.43. The summed E-state index contributed by atoms with van der Waals surface area (Å²) in [6.45, 7) is 5.19. The Morgan fingerprint density at radius 1 is 1.37 bits per heavy atom. The van der Waals surface area contributed by atoms with Crippen LogP contribution >= 0.6 is 11.6 Å². The predicted molar refractivity (Wildman–Crippen MR) is 70.4 cm³/mol. The van der Waals surface area contributed by atoms with Crippen molar-refractivity contribution in [1.82, 2.24) is 4.98 Å². The smallest absolute Gasteiger partial charge is 0.412 e. The topological polar surface area (TPSA) is 77.5 Å². The van der Waals surface area contributed by atoms with Gasteiger partial charge in [-0.05, 0) is 26.8 Å². The normalized spacial score (nSPS) is 10.8. The fourth-order valence-corrected chi connectivity index (χ4v) is 1.49. The minimum Gasteiger partial charge on any atom is -0.465 e. The highest BCUT2D eigenvalue weighted by atomic mass is 35.5. The Bertz CT molecular complexity index is 497. The summed E-state index contributed by atoms with van der Waals surface area (Å²) in [7, 11) is 1.21. The highest BCUT2D eigenvalue weighted by Crippen LogP contribution is 2.23. The third-order valence-corrected chi connectivity index (χ3v) is 2.22. The van der Waals surface area contributed by atoms with Crippen molar-refractivity contribution in [2.75, 3.05) is 12.4 Å². The highest BCUT2D eigenvalue weighted by Gasteiger charge is 2.21. The Morgan fingerprint density at radius 3 is 2.53 bits per heavy atom. The molecule has 0 saturated heterocycles. The quantitative estimate of drug-likeness (QED) is 0.668. The average Bonchev–Trinajstić information content (AvgIpc) is 2.25. The van der Waals surface area contributed by atoms with E-state index >= 15 is 0 Å². The lowest BCUT2D eigenvalue weighted by Gasteiger charge is -2.20. The van der Waals surface area contributed by atoms with Crippen molar-refractivity contribution in [2.45, 2.75) is 26.4 Å². The van der Waals surface area contributed by atoms with E-state index in [2.05, 4.69) is 15.0 Å². The number of nitrogens with zero attached hydrogens (tertiary/aromatic N) is 1. The average molecular weight is 287 g/mol. The van der Waals surface area contributed by atoms with Gasteiger partial charge < -0.3 is 9.47 Å². The first kappa shape index (κ1) is 15.2. The van der Waals surface area contributed by atoms with Crippen molar-refractivity contribution in [1.29, 1.82) is 0 Å². The van der Waals surface area contributed by atoms with Crippen LogP contribution in [0.2, 0.25) is 5.15 Å². The van der Waals surface area contributed by atoms with Crippen LogP contribution in [-0.2, 0) is 9.47 Å². The molecule has 0 radical (unpaired) electrons. The van der Waals surface area contributed by atoms with Crippen LogP contribution in [0, 0.1) is 0 Å². The van der Waals surface area contributed by atoms with Gasteiger partial charge in [-0.25, -0.2) is 14.6 Å². The van der Waals surface area contributed by atoms with E-state index in [1.165, 1.54) is 19.4 Å². The van der Waals surface area contributed by atoms with Gasteiger partial charge in [-0.1, -0.05) is 11.6 Å². The van der Waals surface area contributed by atoms with Gasteiger partial charge in [-0.15, -0.1) is 0 Å². The number of anilines is 1. The second-order valence-electron chi connectivity index (χ2n) is 4.64. The summed E-state index contributed by atoms with van der Waals surface area (Å²) in [5, 5.41) is 2.38. The Morgan fingerprint density at radius 2 is 2.00 bits per heavy atom. The van der Waals surface area contributed by atoms with Crippen molar-refractivity contribution >= 4 is 29.4 Å². The number of pyridine rings is 1. The van der Waals surface area contributed by atoms with Crippen molar-refractivity contribution in [3.05, 3.63) is 23.0 Å². The second-order valence-corrected chi connectivity index (χ2v) is 5.00. The predicted octanol–water partition coefficient (Wildman–Crippen LogP) is 2.87. The summed E-state index contributed by atoms with van der Waals surface area (Å²) in [6.07, 6.45) is 0.668.